The molecule has 0 saturated carbocycles. The Morgan fingerprint density at radius 1 is 0.952 bits per heavy atom. The smallest absolute Gasteiger partial charge is 0.237 e. The van der Waals surface area contributed by atoms with Crippen LogP contribution in [0.2, 0.25) is 0 Å². The van der Waals surface area contributed by atoms with Gasteiger partial charge in [-0.3, -0.25) is 9.69 Å². The molecule has 0 aromatic heterocycles. The van der Waals surface area contributed by atoms with E-state index in [0.29, 0.717) is 44.0 Å². The van der Waals surface area contributed by atoms with E-state index in [2.05, 4.69) is 33.9 Å². The zero-order valence-electron chi connectivity index (χ0n) is 25.7. The number of amides is 1. The van der Waals surface area contributed by atoms with Crippen LogP contribution in [0.4, 0.5) is 8.78 Å². The number of carbonyl (C=O) groups excluding carboxylic acids is 1. The maximum Gasteiger partial charge on any atom is 0.237 e. The number of hydrogen-bond donors (Lipinski definition) is 1. The van der Waals surface area contributed by atoms with Crippen molar-refractivity contribution in [2.75, 3.05) is 77.7 Å². The van der Waals surface area contributed by atoms with E-state index < -0.39 is 21.7 Å². The molecular weight excluding hydrogens is 560 g/mol. The summed E-state index contributed by atoms with van der Waals surface area (Å²) in [5, 5.41) is 3.35. The van der Waals surface area contributed by atoms with Gasteiger partial charge in [0.05, 0.1) is 12.3 Å². The fourth-order valence-electron chi connectivity index (χ4n) is 6.98. The molecule has 0 radical (unpaired) electrons. The Kier molecular flexibility index (Phi) is 12.2. The van der Waals surface area contributed by atoms with E-state index in [0.717, 1.165) is 77.7 Å². The van der Waals surface area contributed by atoms with Crippen molar-refractivity contribution in [2.45, 2.75) is 64.8 Å². The summed E-state index contributed by atoms with van der Waals surface area (Å²) in [6.45, 7) is 14.4. The Morgan fingerprint density at radius 2 is 1.57 bits per heavy atom. The minimum absolute atomic E-state index is 0.0440. The molecule has 0 aliphatic carbocycles. The molecule has 11 heteroatoms. The molecular formula is C31H51F2N5O3S. The second kappa shape index (κ2) is 15.4. The number of nitrogens with one attached hydrogen (secondary N) is 1. The van der Waals surface area contributed by atoms with Gasteiger partial charge >= 0.3 is 0 Å². The maximum absolute atomic E-state index is 14.3. The first-order valence-corrected chi connectivity index (χ1v) is 17.5. The van der Waals surface area contributed by atoms with E-state index in [1.165, 1.54) is 12.1 Å². The summed E-state index contributed by atoms with van der Waals surface area (Å²) in [5.41, 5.74) is 0.667. The molecule has 1 amide bonds. The van der Waals surface area contributed by atoms with Gasteiger partial charge in [0.25, 0.3) is 0 Å². The van der Waals surface area contributed by atoms with Crippen LogP contribution in [0, 0.1) is 23.5 Å². The molecule has 4 rings (SSSR count). The maximum atomic E-state index is 14.3. The Bertz CT molecular complexity index is 1100. The number of nitrogens with zero attached hydrogens (tertiary/aromatic N) is 4. The standard InChI is InChI=1S/C31H51F2N5O3S/c1-4-42(40,41)37-15-5-25(6-16-37)30(26-19-27(32)21-28(33)20-26)9-14-35-12-7-29(8-13-35)38(22-24(2)3)31(39)23-36-17-10-34-11-18-36/h19-21,24-25,29-30,34H,4-18,22-23H2,1-3H3. The van der Waals surface area contributed by atoms with Crippen molar-refractivity contribution in [3.8, 4) is 0 Å². The molecule has 3 saturated heterocycles. The highest BCUT2D eigenvalue weighted by atomic mass is 32.2. The summed E-state index contributed by atoms with van der Waals surface area (Å²) in [6.07, 6.45) is 3.97. The van der Waals surface area contributed by atoms with E-state index >= 15 is 0 Å². The van der Waals surface area contributed by atoms with Gasteiger partial charge in [-0.25, -0.2) is 21.5 Å². The van der Waals surface area contributed by atoms with Crippen molar-refractivity contribution in [1.82, 2.24) is 24.3 Å². The lowest BCUT2D eigenvalue weighted by Crippen LogP contribution is -2.53. The number of halogens is 2. The van der Waals surface area contributed by atoms with Crippen LogP contribution in [0.25, 0.3) is 0 Å². The highest BCUT2D eigenvalue weighted by Crippen LogP contribution is 2.37. The molecule has 0 bridgehead atoms. The summed E-state index contributed by atoms with van der Waals surface area (Å²) >= 11 is 0. The molecule has 0 spiro atoms. The van der Waals surface area contributed by atoms with Crippen LogP contribution in [0.1, 0.15) is 64.4 Å². The fourth-order valence-corrected chi connectivity index (χ4v) is 8.11. The predicted octanol–water partition coefficient (Wildman–Crippen LogP) is 3.35. The van der Waals surface area contributed by atoms with E-state index in [9.17, 15) is 22.0 Å². The average Bonchev–Trinajstić information content (AvgIpc) is 2.96. The van der Waals surface area contributed by atoms with Crippen LogP contribution >= 0.6 is 0 Å². The zero-order chi connectivity index (χ0) is 30.3. The van der Waals surface area contributed by atoms with Gasteiger partial charge < -0.3 is 15.1 Å². The molecule has 3 aliphatic heterocycles. The first-order valence-electron chi connectivity index (χ1n) is 15.9. The number of hydrogen-bond acceptors (Lipinski definition) is 6. The normalized spacial score (nSPS) is 21.6. The Labute approximate surface area is 251 Å². The van der Waals surface area contributed by atoms with E-state index in [1.54, 1.807) is 11.2 Å². The van der Waals surface area contributed by atoms with Crippen LogP contribution < -0.4 is 5.32 Å². The molecule has 238 valence electrons. The van der Waals surface area contributed by atoms with Crippen LogP contribution in [-0.4, -0.2) is 117 Å². The van der Waals surface area contributed by atoms with Gasteiger partial charge in [0.2, 0.25) is 15.9 Å². The molecule has 1 unspecified atom stereocenters. The topological polar surface area (TPSA) is 76.2 Å². The Hall–Kier alpha value is -1.66. The van der Waals surface area contributed by atoms with Crippen molar-refractivity contribution >= 4 is 15.9 Å². The van der Waals surface area contributed by atoms with Crippen LogP contribution in [0.15, 0.2) is 18.2 Å². The van der Waals surface area contributed by atoms with Gasteiger partial charge in [0.1, 0.15) is 11.6 Å². The van der Waals surface area contributed by atoms with Gasteiger partial charge in [-0.15, -0.1) is 0 Å². The molecule has 1 aromatic carbocycles. The summed E-state index contributed by atoms with van der Waals surface area (Å²) in [4.78, 5) is 20.2. The average molecular weight is 612 g/mol. The van der Waals surface area contributed by atoms with Crippen LogP contribution in [-0.2, 0) is 14.8 Å². The lowest BCUT2D eigenvalue weighted by atomic mass is 9.78. The second-order valence-electron chi connectivity index (χ2n) is 12.8. The number of carbonyl (C=O) groups is 1. The highest BCUT2D eigenvalue weighted by Gasteiger charge is 2.34. The quantitative estimate of drug-likeness (QED) is 0.391. The number of piperazine rings is 1. The molecule has 3 heterocycles. The summed E-state index contributed by atoms with van der Waals surface area (Å²) < 4.78 is 54.9. The van der Waals surface area contributed by atoms with Crippen molar-refractivity contribution < 1.29 is 22.0 Å². The fraction of sp³-hybridized carbons (Fsp3) is 0.774. The summed E-state index contributed by atoms with van der Waals surface area (Å²) in [6, 6.07) is 4.04. The minimum Gasteiger partial charge on any atom is -0.338 e. The minimum atomic E-state index is -3.24. The number of benzene rings is 1. The number of likely N-dealkylation sites (tertiary alicyclic amines) is 1. The first-order chi connectivity index (χ1) is 20.1. The first kappa shape index (κ1) is 33.2. The zero-order valence-corrected chi connectivity index (χ0v) is 26.6. The van der Waals surface area contributed by atoms with Gasteiger partial charge in [-0.05, 0) is 81.0 Å². The number of piperidine rings is 2. The molecule has 1 N–H and O–H groups in total. The molecule has 3 aliphatic rings. The van der Waals surface area contributed by atoms with Gasteiger partial charge in [-0.1, -0.05) is 13.8 Å². The van der Waals surface area contributed by atoms with Gasteiger partial charge in [-0.2, -0.15) is 0 Å². The molecule has 1 atom stereocenters. The van der Waals surface area contributed by atoms with Gasteiger partial charge in [0.15, 0.2) is 0 Å². The molecule has 1 aromatic rings. The number of sulfonamides is 1. The SMILES string of the molecule is CCS(=O)(=O)N1CCC(C(CCN2CCC(N(CC(C)C)C(=O)CN3CCNCC3)CC2)c2cc(F)cc(F)c2)CC1. The molecule has 8 nitrogen and oxygen atoms in total. The van der Waals surface area contributed by atoms with Crippen LogP contribution in [0.3, 0.4) is 0 Å². The summed E-state index contributed by atoms with van der Waals surface area (Å²) in [5.74, 6) is -0.305. The van der Waals surface area contributed by atoms with Crippen molar-refractivity contribution in [3.63, 3.8) is 0 Å². The van der Waals surface area contributed by atoms with Crippen LogP contribution in [0.5, 0.6) is 0 Å². The third-order valence-electron chi connectivity index (χ3n) is 9.34. The van der Waals surface area contributed by atoms with Gasteiger partial charge in [0, 0.05) is 71.0 Å². The predicted molar refractivity (Wildman–Crippen MR) is 163 cm³/mol. The van der Waals surface area contributed by atoms with Crippen molar-refractivity contribution in [2.24, 2.45) is 11.8 Å². The molecule has 42 heavy (non-hydrogen) atoms. The Balaban J connectivity index is 1.36. The van der Waals surface area contributed by atoms with E-state index in [4.69, 9.17) is 0 Å². The highest BCUT2D eigenvalue weighted by molar-refractivity contribution is 7.89. The lowest BCUT2D eigenvalue weighted by Gasteiger charge is -2.41. The third kappa shape index (κ3) is 9.17. The van der Waals surface area contributed by atoms with Crippen molar-refractivity contribution in [1.29, 1.82) is 0 Å². The molecule has 3 fully saturated rings. The Morgan fingerprint density at radius 3 is 2.14 bits per heavy atom. The number of rotatable bonds is 12. The van der Waals surface area contributed by atoms with E-state index in [1.807, 2.05) is 0 Å². The third-order valence-corrected chi connectivity index (χ3v) is 11.2. The summed E-state index contributed by atoms with van der Waals surface area (Å²) in [7, 11) is -3.24. The monoisotopic (exact) mass is 611 g/mol. The second-order valence-corrected chi connectivity index (χ2v) is 15.0. The van der Waals surface area contributed by atoms with E-state index in [-0.39, 0.29) is 29.5 Å². The lowest BCUT2D eigenvalue weighted by molar-refractivity contribution is -0.136. The van der Waals surface area contributed by atoms with Crippen molar-refractivity contribution in [3.05, 3.63) is 35.4 Å². The largest absolute Gasteiger partial charge is 0.338 e.